The van der Waals surface area contributed by atoms with Gasteiger partial charge in [0.05, 0.1) is 11.4 Å². The molecule has 2 amide bonds. The zero-order chi connectivity index (χ0) is 21.4. The Labute approximate surface area is 191 Å². The molecule has 2 aromatic rings. The van der Waals surface area contributed by atoms with Gasteiger partial charge in [-0.2, -0.15) is 0 Å². The number of imide groups is 1. The van der Waals surface area contributed by atoms with E-state index in [1.807, 2.05) is 6.08 Å². The third kappa shape index (κ3) is 4.08. The average molecular weight is 463 g/mol. The number of benzene rings is 1. The van der Waals surface area contributed by atoms with Crippen molar-refractivity contribution in [3.8, 4) is 0 Å². The Kier molecular flexibility index (Phi) is 6.33. The van der Waals surface area contributed by atoms with Crippen molar-refractivity contribution in [3.05, 3.63) is 61.7 Å². The predicted octanol–water partition coefficient (Wildman–Crippen LogP) is 7.15. The topological polar surface area (TPSA) is 42.3 Å². The summed E-state index contributed by atoms with van der Waals surface area (Å²) >= 11 is 13.4. The Bertz CT molecular complexity index is 1020. The molecular formula is C23H24Cl2N2O2S. The number of thioether (sulfide) groups is 1. The van der Waals surface area contributed by atoms with Crippen LogP contribution in [0.4, 0.5) is 4.79 Å². The van der Waals surface area contributed by atoms with Gasteiger partial charge in [-0.25, -0.2) is 0 Å². The maximum absolute atomic E-state index is 13.0. The van der Waals surface area contributed by atoms with Crippen molar-refractivity contribution in [1.82, 2.24) is 9.47 Å². The molecule has 4 nitrogen and oxygen atoms in total. The van der Waals surface area contributed by atoms with Crippen LogP contribution < -0.4 is 0 Å². The van der Waals surface area contributed by atoms with E-state index in [1.165, 1.54) is 42.7 Å². The zero-order valence-electron chi connectivity index (χ0n) is 17.1. The first-order chi connectivity index (χ1) is 14.4. The number of rotatable bonds is 4. The van der Waals surface area contributed by atoms with Crippen molar-refractivity contribution in [2.45, 2.75) is 58.5 Å². The van der Waals surface area contributed by atoms with Gasteiger partial charge in [0.25, 0.3) is 11.1 Å². The summed E-state index contributed by atoms with van der Waals surface area (Å²) in [4.78, 5) is 27.2. The first kappa shape index (κ1) is 21.5. The Hall–Kier alpha value is -1.69. The molecule has 0 atom stereocenters. The molecule has 0 unspecified atom stereocenters. The highest BCUT2D eigenvalue weighted by atomic mass is 35.5. The number of nitrogens with zero attached hydrogens (tertiary/aromatic N) is 2. The summed E-state index contributed by atoms with van der Waals surface area (Å²) in [5.74, 6) is -0.302. The standard InChI is InChI=1S/C23H24Cl2N2O2S/c1-14-11-16(15(2)27(14)17-7-4-3-5-8-17)12-21-22(28)26(23(29)30-21)13-18-19(24)9-6-10-20(18)25/h6,9-12,17H,3-5,7-8,13H2,1-2H3/b21-12-. The van der Waals surface area contributed by atoms with Crippen molar-refractivity contribution in [2.24, 2.45) is 0 Å². The molecule has 0 N–H and O–H groups in total. The highest BCUT2D eigenvalue weighted by molar-refractivity contribution is 8.18. The fourth-order valence-electron chi connectivity index (χ4n) is 4.47. The van der Waals surface area contributed by atoms with Crippen LogP contribution in [-0.4, -0.2) is 20.6 Å². The Morgan fingerprint density at radius 3 is 2.43 bits per heavy atom. The van der Waals surface area contributed by atoms with Crippen LogP contribution in [0.5, 0.6) is 0 Å². The van der Waals surface area contributed by atoms with Gasteiger partial charge in [-0.05, 0) is 68.3 Å². The quantitative estimate of drug-likeness (QED) is 0.452. The predicted molar refractivity (Wildman–Crippen MR) is 124 cm³/mol. The van der Waals surface area contributed by atoms with Crippen LogP contribution in [0.15, 0.2) is 29.2 Å². The lowest BCUT2D eigenvalue weighted by molar-refractivity contribution is -0.123. The molecule has 2 fully saturated rings. The second-order valence-corrected chi connectivity index (χ2v) is 9.76. The summed E-state index contributed by atoms with van der Waals surface area (Å²) in [6.07, 6.45) is 8.09. The number of carbonyl (C=O) groups excluding carboxylic acids is 2. The first-order valence-electron chi connectivity index (χ1n) is 10.2. The maximum atomic E-state index is 13.0. The third-order valence-electron chi connectivity index (χ3n) is 6.00. The van der Waals surface area contributed by atoms with Crippen LogP contribution in [0.3, 0.4) is 0 Å². The zero-order valence-corrected chi connectivity index (χ0v) is 19.4. The van der Waals surface area contributed by atoms with Gasteiger partial charge in [-0.15, -0.1) is 0 Å². The van der Waals surface area contributed by atoms with E-state index in [4.69, 9.17) is 23.2 Å². The van der Waals surface area contributed by atoms with Crippen molar-refractivity contribution in [1.29, 1.82) is 0 Å². The molecule has 0 bridgehead atoms. The number of hydrogen-bond donors (Lipinski definition) is 0. The summed E-state index contributed by atoms with van der Waals surface area (Å²) in [6.45, 7) is 4.28. The van der Waals surface area contributed by atoms with Gasteiger partial charge in [-0.3, -0.25) is 14.5 Å². The van der Waals surface area contributed by atoms with Crippen molar-refractivity contribution in [3.63, 3.8) is 0 Å². The summed E-state index contributed by atoms with van der Waals surface area (Å²) in [7, 11) is 0. The van der Waals surface area contributed by atoms with Crippen LogP contribution >= 0.6 is 35.0 Å². The van der Waals surface area contributed by atoms with Gasteiger partial charge in [0.2, 0.25) is 0 Å². The summed E-state index contributed by atoms with van der Waals surface area (Å²) in [6, 6.07) is 7.79. The summed E-state index contributed by atoms with van der Waals surface area (Å²) in [5, 5.41) is 0.589. The summed E-state index contributed by atoms with van der Waals surface area (Å²) < 4.78 is 2.40. The summed E-state index contributed by atoms with van der Waals surface area (Å²) in [5.41, 5.74) is 3.94. The molecule has 1 saturated carbocycles. The van der Waals surface area contributed by atoms with Crippen LogP contribution in [-0.2, 0) is 11.3 Å². The Balaban J connectivity index is 1.59. The van der Waals surface area contributed by atoms with Crippen LogP contribution in [0.2, 0.25) is 10.0 Å². The van der Waals surface area contributed by atoms with E-state index >= 15 is 0 Å². The Morgan fingerprint density at radius 2 is 1.77 bits per heavy atom. The molecule has 4 rings (SSSR count). The lowest BCUT2D eigenvalue weighted by atomic mass is 9.95. The maximum Gasteiger partial charge on any atom is 0.293 e. The third-order valence-corrected chi connectivity index (χ3v) is 7.62. The molecule has 2 heterocycles. The normalized spacial score (nSPS) is 19.3. The van der Waals surface area contributed by atoms with Gasteiger partial charge in [0, 0.05) is 33.0 Å². The molecular weight excluding hydrogens is 439 g/mol. The van der Waals surface area contributed by atoms with Crippen LogP contribution in [0, 0.1) is 13.8 Å². The van der Waals surface area contributed by atoms with Gasteiger partial charge < -0.3 is 4.57 Å². The molecule has 1 aliphatic heterocycles. The molecule has 7 heteroatoms. The molecule has 1 aliphatic carbocycles. The minimum atomic E-state index is -0.302. The van der Waals surface area contributed by atoms with Crippen LogP contribution in [0.1, 0.15) is 60.7 Å². The van der Waals surface area contributed by atoms with Crippen molar-refractivity contribution < 1.29 is 9.59 Å². The SMILES string of the molecule is Cc1cc(/C=C2\SC(=O)N(Cc3c(Cl)cccc3Cl)C2=O)c(C)n1C1CCCCC1. The fourth-order valence-corrected chi connectivity index (χ4v) is 5.82. The van der Waals surface area contributed by atoms with Gasteiger partial charge in [0.15, 0.2) is 0 Å². The van der Waals surface area contributed by atoms with Gasteiger partial charge in [0.1, 0.15) is 0 Å². The van der Waals surface area contributed by atoms with E-state index < -0.39 is 0 Å². The van der Waals surface area contributed by atoms with Crippen molar-refractivity contribution >= 4 is 52.2 Å². The van der Waals surface area contributed by atoms with Gasteiger partial charge >= 0.3 is 0 Å². The van der Waals surface area contributed by atoms with Crippen LogP contribution in [0.25, 0.3) is 6.08 Å². The van der Waals surface area contributed by atoms with E-state index in [0.717, 1.165) is 23.0 Å². The monoisotopic (exact) mass is 462 g/mol. The lowest BCUT2D eigenvalue weighted by Gasteiger charge is -2.26. The van der Waals surface area contributed by atoms with E-state index in [-0.39, 0.29) is 17.7 Å². The molecule has 1 aromatic carbocycles. The molecule has 1 aromatic heterocycles. The molecule has 2 aliphatic rings. The van der Waals surface area contributed by atoms with E-state index in [2.05, 4.69) is 24.5 Å². The first-order valence-corrected chi connectivity index (χ1v) is 11.8. The largest absolute Gasteiger partial charge is 0.346 e. The number of amides is 2. The highest BCUT2D eigenvalue weighted by Gasteiger charge is 2.36. The number of aromatic nitrogens is 1. The number of halogens is 2. The number of hydrogen-bond acceptors (Lipinski definition) is 3. The minimum absolute atomic E-state index is 0.0710. The molecule has 158 valence electrons. The molecule has 1 saturated heterocycles. The highest BCUT2D eigenvalue weighted by Crippen LogP contribution is 2.37. The smallest absolute Gasteiger partial charge is 0.293 e. The van der Waals surface area contributed by atoms with E-state index in [0.29, 0.717) is 26.6 Å². The lowest BCUT2D eigenvalue weighted by Crippen LogP contribution is -2.27. The van der Waals surface area contributed by atoms with Crippen molar-refractivity contribution in [2.75, 3.05) is 0 Å². The molecule has 0 radical (unpaired) electrons. The number of carbonyl (C=O) groups is 2. The molecule has 0 spiro atoms. The van der Waals surface area contributed by atoms with E-state index in [9.17, 15) is 9.59 Å². The van der Waals surface area contributed by atoms with E-state index in [1.54, 1.807) is 18.2 Å². The molecule has 30 heavy (non-hydrogen) atoms. The fraction of sp³-hybridized carbons (Fsp3) is 0.391. The second-order valence-electron chi connectivity index (χ2n) is 7.96. The second kappa shape index (κ2) is 8.81. The minimum Gasteiger partial charge on any atom is -0.346 e. The number of aryl methyl sites for hydroxylation is 1. The Morgan fingerprint density at radius 1 is 1.10 bits per heavy atom. The van der Waals surface area contributed by atoms with Gasteiger partial charge in [-0.1, -0.05) is 48.5 Å². The average Bonchev–Trinajstić information content (AvgIpc) is 3.14.